The predicted octanol–water partition coefficient (Wildman–Crippen LogP) is 0.0785. The van der Waals surface area contributed by atoms with E-state index in [0.29, 0.717) is 11.3 Å². The number of carbonyl (C=O) groups excluding carboxylic acids is 1. The number of hydrogen-bond donors (Lipinski definition) is 4. The number of carbonyl (C=O) groups is 1. The molecule has 7 heteroatoms. The summed E-state index contributed by atoms with van der Waals surface area (Å²) in [6.07, 6.45) is -1.87. The van der Waals surface area contributed by atoms with Crippen molar-refractivity contribution in [3.05, 3.63) is 29.8 Å². The number of nitrogens with two attached hydrogens (primary N) is 1. The topological polar surface area (TPSA) is 105 Å². The number of aliphatic hydroxyl groups excluding tert-OH is 2. The van der Waals surface area contributed by atoms with Crippen LogP contribution in [0.5, 0.6) is 5.75 Å². The highest BCUT2D eigenvalue weighted by Crippen LogP contribution is 2.28. The normalized spacial score (nSPS) is 13.7. The van der Waals surface area contributed by atoms with Crippen molar-refractivity contribution in [2.45, 2.75) is 18.6 Å². The van der Waals surface area contributed by atoms with Crippen LogP contribution in [0, 0.1) is 0 Å². The first-order valence-electron chi connectivity index (χ1n) is 5.73. The van der Waals surface area contributed by atoms with Gasteiger partial charge in [0.2, 0.25) is 0 Å². The molecular formula is C12H17ClN2O4. The Labute approximate surface area is 116 Å². The highest BCUT2D eigenvalue weighted by atomic mass is 35.5. The Balaban J connectivity index is 2.80. The highest BCUT2D eigenvalue weighted by molar-refractivity contribution is 6.17. The number of hydrazine groups is 1. The van der Waals surface area contributed by atoms with E-state index in [-0.39, 0.29) is 18.9 Å². The maximum Gasteiger partial charge on any atom is 0.271 e. The average molecular weight is 289 g/mol. The van der Waals surface area contributed by atoms with Gasteiger partial charge in [-0.15, -0.1) is 11.6 Å². The first kappa shape index (κ1) is 15.7. The molecule has 0 saturated carbocycles. The number of aliphatic hydroxyl groups is 2. The highest BCUT2D eigenvalue weighted by Gasteiger charge is 2.21. The van der Waals surface area contributed by atoms with Crippen LogP contribution in [0.1, 0.15) is 18.1 Å². The quantitative estimate of drug-likeness (QED) is 0.246. The molecule has 1 aromatic rings. The second kappa shape index (κ2) is 7.96. The molecule has 0 spiro atoms. The lowest BCUT2D eigenvalue weighted by Gasteiger charge is -2.20. The van der Waals surface area contributed by atoms with E-state index in [1.54, 1.807) is 24.3 Å². The molecule has 0 saturated heterocycles. The fourth-order valence-electron chi connectivity index (χ4n) is 1.52. The number of ether oxygens (including phenoxy) is 1. The SMILES string of the molecule is NNC(=O)COc1ccccc1C(O)C(O)CCCl. The number of rotatable bonds is 7. The van der Waals surface area contributed by atoms with Gasteiger partial charge in [0.05, 0.1) is 6.10 Å². The summed E-state index contributed by atoms with van der Waals surface area (Å²) in [6, 6.07) is 6.59. The van der Waals surface area contributed by atoms with E-state index in [0.717, 1.165) is 0 Å². The summed E-state index contributed by atoms with van der Waals surface area (Å²) in [7, 11) is 0. The van der Waals surface area contributed by atoms with Crippen molar-refractivity contribution in [2.24, 2.45) is 5.84 Å². The van der Waals surface area contributed by atoms with Gasteiger partial charge in [0.15, 0.2) is 6.61 Å². The Morgan fingerprint density at radius 1 is 1.42 bits per heavy atom. The minimum absolute atomic E-state index is 0.233. The molecule has 0 aliphatic carbocycles. The minimum Gasteiger partial charge on any atom is -0.483 e. The molecule has 0 aromatic heterocycles. The Morgan fingerprint density at radius 3 is 2.74 bits per heavy atom. The van der Waals surface area contributed by atoms with E-state index in [9.17, 15) is 15.0 Å². The molecule has 0 aliphatic heterocycles. The van der Waals surface area contributed by atoms with E-state index in [1.807, 2.05) is 5.43 Å². The summed E-state index contributed by atoms with van der Waals surface area (Å²) in [5, 5.41) is 19.7. The van der Waals surface area contributed by atoms with Crippen LogP contribution < -0.4 is 16.0 Å². The zero-order chi connectivity index (χ0) is 14.3. The molecule has 5 N–H and O–H groups in total. The Hall–Kier alpha value is -1.34. The van der Waals surface area contributed by atoms with Crippen molar-refractivity contribution in [3.63, 3.8) is 0 Å². The van der Waals surface area contributed by atoms with Gasteiger partial charge in [-0.25, -0.2) is 5.84 Å². The van der Waals surface area contributed by atoms with E-state index in [4.69, 9.17) is 22.2 Å². The number of nitrogens with one attached hydrogen (secondary N) is 1. The molecule has 106 valence electrons. The van der Waals surface area contributed by atoms with Crippen molar-refractivity contribution >= 4 is 17.5 Å². The standard InChI is InChI=1S/C12H17ClN2O4/c13-6-5-9(16)12(18)8-3-1-2-4-10(8)19-7-11(17)15-14/h1-4,9,12,16,18H,5-7,14H2,(H,15,17). The number of alkyl halides is 1. The maximum atomic E-state index is 11.0. The van der Waals surface area contributed by atoms with Crippen LogP contribution in [0.2, 0.25) is 0 Å². The molecule has 19 heavy (non-hydrogen) atoms. The van der Waals surface area contributed by atoms with Crippen LogP contribution in [-0.2, 0) is 4.79 Å². The molecule has 0 radical (unpaired) electrons. The third kappa shape index (κ3) is 4.68. The molecule has 0 heterocycles. The molecule has 0 fully saturated rings. The van der Waals surface area contributed by atoms with Crippen molar-refractivity contribution < 1.29 is 19.7 Å². The monoisotopic (exact) mass is 288 g/mol. The first-order chi connectivity index (χ1) is 9.10. The van der Waals surface area contributed by atoms with Crippen LogP contribution in [0.25, 0.3) is 0 Å². The first-order valence-corrected chi connectivity index (χ1v) is 6.26. The molecule has 0 aliphatic rings. The Kier molecular flexibility index (Phi) is 6.58. The van der Waals surface area contributed by atoms with Crippen LogP contribution in [-0.4, -0.2) is 34.7 Å². The van der Waals surface area contributed by atoms with Crippen LogP contribution in [0.15, 0.2) is 24.3 Å². The van der Waals surface area contributed by atoms with Gasteiger partial charge in [-0.1, -0.05) is 18.2 Å². The van der Waals surface area contributed by atoms with Gasteiger partial charge in [-0.2, -0.15) is 0 Å². The Morgan fingerprint density at radius 2 is 2.11 bits per heavy atom. The van der Waals surface area contributed by atoms with Gasteiger partial charge in [-0.3, -0.25) is 10.2 Å². The largest absolute Gasteiger partial charge is 0.483 e. The predicted molar refractivity (Wildman–Crippen MR) is 70.6 cm³/mol. The summed E-state index contributed by atoms with van der Waals surface area (Å²) >= 11 is 5.52. The summed E-state index contributed by atoms with van der Waals surface area (Å²) in [5.41, 5.74) is 2.33. The minimum atomic E-state index is -1.13. The lowest BCUT2D eigenvalue weighted by atomic mass is 10.0. The van der Waals surface area contributed by atoms with Gasteiger partial charge in [0, 0.05) is 11.4 Å². The summed E-state index contributed by atoms with van der Waals surface area (Å²) in [4.78, 5) is 11.0. The zero-order valence-electron chi connectivity index (χ0n) is 10.3. The number of hydrogen-bond acceptors (Lipinski definition) is 5. The van der Waals surface area contributed by atoms with Gasteiger partial charge >= 0.3 is 0 Å². The van der Waals surface area contributed by atoms with E-state index in [1.165, 1.54) is 0 Å². The molecular weight excluding hydrogens is 272 g/mol. The number of halogens is 1. The maximum absolute atomic E-state index is 11.0. The van der Waals surface area contributed by atoms with Gasteiger partial charge in [-0.05, 0) is 12.5 Å². The molecule has 1 amide bonds. The molecule has 1 rings (SSSR count). The second-order valence-electron chi connectivity index (χ2n) is 3.88. The number of amides is 1. The van der Waals surface area contributed by atoms with Crippen LogP contribution in [0.3, 0.4) is 0 Å². The van der Waals surface area contributed by atoms with E-state index in [2.05, 4.69) is 0 Å². The van der Waals surface area contributed by atoms with Crippen molar-refractivity contribution in [2.75, 3.05) is 12.5 Å². The molecule has 2 atom stereocenters. The summed E-state index contributed by atoms with van der Waals surface area (Å²) < 4.78 is 5.24. The average Bonchev–Trinajstić information content (AvgIpc) is 2.44. The third-order valence-electron chi connectivity index (χ3n) is 2.53. The van der Waals surface area contributed by atoms with Crippen LogP contribution in [0.4, 0.5) is 0 Å². The second-order valence-corrected chi connectivity index (χ2v) is 4.26. The van der Waals surface area contributed by atoms with Gasteiger partial charge in [0.25, 0.3) is 5.91 Å². The molecule has 2 unspecified atom stereocenters. The van der Waals surface area contributed by atoms with E-state index >= 15 is 0 Å². The Bertz CT molecular complexity index is 416. The fourth-order valence-corrected chi connectivity index (χ4v) is 1.74. The van der Waals surface area contributed by atoms with E-state index < -0.39 is 18.1 Å². The van der Waals surface area contributed by atoms with Crippen LogP contribution >= 0.6 is 11.6 Å². The smallest absolute Gasteiger partial charge is 0.271 e. The third-order valence-corrected chi connectivity index (χ3v) is 2.74. The van der Waals surface area contributed by atoms with Crippen molar-refractivity contribution in [3.8, 4) is 5.75 Å². The number of benzene rings is 1. The summed E-state index contributed by atoms with van der Waals surface area (Å²) in [5.74, 6) is 4.99. The summed E-state index contributed by atoms with van der Waals surface area (Å²) in [6.45, 7) is -0.272. The zero-order valence-corrected chi connectivity index (χ0v) is 11.0. The number of para-hydroxylation sites is 1. The molecule has 6 nitrogen and oxygen atoms in total. The fraction of sp³-hybridized carbons (Fsp3) is 0.417. The van der Waals surface area contributed by atoms with Crippen molar-refractivity contribution in [1.29, 1.82) is 0 Å². The molecule has 1 aromatic carbocycles. The van der Waals surface area contributed by atoms with Gasteiger partial charge in [0.1, 0.15) is 11.9 Å². The molecule has 0 bridgehead atoms. The van der Waals surface area contributed by atoms with Gasteiger partial charge < -0.3 is 14.9 Å². The van der Waals surface area contributed by atoms with Crippen molar-refractivity contribution in [1.82, 2.24) is 5.43 Å². The lowest BCUT2D eigenvalue weighted by Crippen LogP contribution is -2.34. The lowest BCUT2D eigenvalue weighted by molar-refractivity contribution is -0.123.